The van der Waals surface area contributed by atoms with E-state index in [1.807, 2.05) is 0 Å². The normalized spacial score (nSPS) is 17.6. The third kappa shape index (κ3) is 5.00. The summed E-state index contributed by atoms with van der Waals surface area (Å²) in [7, 11) is 2.94. The Hall–Kier alpha value is -4.03. The zero-order valence-electron chi connectivity index (χ0n) is 22.2. The highest BCUT2D eigenvalue weighted by atomic mass is 19.4. The Balaban J connectivity index is 1.82. The molecular weight excluding hydrogens is 529 g/mol. The first-order valence-corrected chi connectivity index (χ1v) is 12.6. The summed E-state index contributed by atoms with van der Waals surface area (Å²) in [5, 5.41) is 24.9. The highest BCUT2D eigenvalue weighted by Gasteiger charge is 2.37. The summed E-state index contributed by atoms with van der Waals surface area (Å²) in [4.78, 5) is 15.6. The van der Waals surface area contributed by atoms with Crippen LogP contribution in [0.25, 0.3) is 27.8 Å². The number of benzene rings is 2. The fourth-order valence-electron chi connectivity index (χ4n) is 5.11. The minimum Gasteiger partial charge on any atom is -0.497 e. The molecule has 12 heteroatoms. The molecular formula is C28H29F3N4O5. The number of nitrogens with zero attached hydrogens (tertiary/aromatic N) is 4. The minimum absolute atomic E-state index is 0.0542. The average molecular weight is 559 g/mol. The minimum atomic E-state index is -4.78. The fourth-order valence-corrected chi connectivity index (χ4v) is 5.11. The number of methoxy groups -OCH3 is 2. The summed E-state index contributed by atoms with van der Waals surface area (Å²) >= 11 is 0. The van der Waals surface area contributed by atoms with E-state index in [0.717, 1.165) is 10.7 Å². The summed E-state index contributed by atoms with van der Waals surface area (Å²) in [6.45, 7) is 2.10. The first kappa shape index (κ1) is 27.5. The van der Waals surface area contributed by atoms with Gasteiger partial charge < -0.3 is 29.2 Å². The summed E-state index contributed by atoms with van der Waals surface area (Å²) in [5.74, 6) is 0.854. The third-order valence-corrected chi connectivity index (χ3v) is 7.11. The van der Waals surface area contributed by atoms with Crippen molar-refractivity contribution in [3.05, 3.63) is 64.6 Å². The molecule has 1 unspecified atom stereocenters. The molecule has 1 saturated heterocycles. The van der Waals surface area contributed by atoms with E-state index in [0.29, 0.717) is 41.1 Å². The number of aliphatic hydroxyl groups is 2. The summed E-state index contributed by atoms with van der Waals surface area (Å²) in [6, 6.07) is 10.1. The van der Waals surface area contributed by atoms with Crippen molar-refractivity contribution in [2.45, 2.75) is 31.7 Å². The van der Waals surface area contributed by atoms with Gasteiger partial charge in [0, 0.05) is 48.5 Å². The lowest BCUT2D eigenvalue weighted by Crippen LogP contribution is -2.30. The van der Waals surface area contributed by atoms with Crippen molar-refractivity contribution in [1.82, 2.24) is 14.3 Å². The number of anilines is 1. The van der Waals surface area contributed by atoms with Crippen molar-refractivity contribution in [2.75, 3.05) is 38.8 Å². The van der Waals surface area contributed by atoms with Crippen LogP contribution in [-0.4, -0.2) is 64.1 Å². The van der Waals surface area contributed by atoms with E-state index in [1.165, 1.54) is 30.9 Å². The fraction of sp³-hybridized carbons (Fsp3) is 0.357. The van der Waals surface area contributed by atoms with E-state index < -0.39 is 28.6 Å². The number of aliphatic hydroxyl groups excluding tert-OH is 1. The second-order valence-corrected chi connectivity index (χ2v) is 10.0. The Morgan fingerprint density at radius 1 is 1.07 bits per heavy atom. The molecule has 0 aliphatic carbocycles. The number of halogens is 3. The van der Waals surface area contributed by atoms with Gasteiger partial charge in [0.1, 0.15) is 22.7 Å². The molecule has 1 atom stereocenters. The predicted molar refractivity (Wildman–Crippen MR) is 143 cm³/mol. The maximum Gasteiger partial charge on any atom is 0.418 e. The first-order chi connectivity index (χ1) is 19.0. The molecule has 0 radical (unpaired) electrons. The molecule has 0 amide bonds. The number of hydrogen-bond donors (Lipinski definition) is 2. The molecule has 1 aliphatic heterocycles. The molecule has 1 aliphatic rings. The van der Waals surface area contributed by atoms with Crippen molar-refractivity contribution >= 4 is 16.6 Å². The van der Waals surface area contributed by atoms with Gasteiger partial charge in [-0.2, -0.15) is 23.0 Å². The zero-order chi connectivity index (χ0) is 28.8. The summed E-state index contributed by atoms with van der Waals surface area (Å²) < 4.78 is 55.9. The molecule has 3 heterocycles. The maximum absolute atomic E-state index is 14.3. The van der Waals surface area contributed by atoms with Crippen LogP contribution >= 0.6 is 0 Å². The van der Waals surface area contributed by atoms with Crippen LogP contribution in [0, 0.1) is 0 Å². The maximum atomic E-state index is 14.3. The lowest BCUT2D eigenvalue weighted by molar-refractivity contribution is -0.137. The van der Waals surface area contributed by atoms with Gasteiger partial charge in [-0.15, -0.1) is 0 Å². The molecule has 2 aromatic carbocycles. The number of hydrogen-bond acceptors (Lipinski definition) is 7. The van der Waals surface area contributed by atoms with Crippen molar-refractivity contribution in [3.8, 4) is 28.4 Å². The molecule has 2 N–H and O–H groups in total. The Kier molecular flexibility index (Phi) is 7.01. The largest absolute Gasteiger partial charge is 0.497 e. The molecule has 4 aromatic rings. The number of fused-ring (bicyclic) bond motifs is 1. The van der Waals surface area contributed by atoms with E-state index in [9.17, 15) is 28.2 Å². The Morgan fingerprint density at radius 2 is 1.77 bits per heavy atom. The van der Waals surface area contributed by atoms with Gasteiger partial charge in [-0.25, -0.2) is 0 Å². The second-order valence-electron chi connectivity index (χ2n) is 10.0. The molecule has 0 spiro atoms. The van der Waals surface area contributed by atoms with Gasteiger partial charge in [0.15, 0.2) is 0 Å². The lowest BCUT2D eigenvalue weighted by atomic mass is 10.1. The number of rotatable bonds is 7. The Labute approximate surface area is 227 Å². The molecule has 0 bridgehead atoms. The zero-order valence-corrected chi connectivity index (χ0v) is 22.2. The van der Waals surface area contributed by atoms with Gasteiger partial charge in [-0.05, 0) is 49.7 Å². The quantitative estimate of drug-likeness (QED) is 0.355. The van der Waals surface area contributed by atoms with Crippen LogP contribution in [0.1, 0.15) is 18.9 Å². The van der Waals surface area contributed by atoms with E-state index in [2.05, 4.69) is 5.10 Å². The number of alkyl halides is 3. The van der Waals surface area contributed by atoms with Gasteiger partial charge in [0.25, 0.3) is 5.56 Å². The summed E-state index contributed by atoms with van der Waals surface area (Å²) in [5.41, 5.74) is -2.05. The summed E-state index contributed by atoms with van der Waals surface area (Å²) in [6.07, 6.45) is -2.75. The predicted octanol–water partition coefficient (Wildman–Crippen LogP) is 3.84. The monoisotopic (exact) mass is 558 g/mol. The van der Waals surface area contributed by atoms with Gasteiger partial charge in [-0.1, -0.05) is 0 Å². The van der Waals surface area contributed by atoms with Gasteiger partial charge >= 0.3 is 6.18 Å². The van der Waals surface area contributed by atoms with Crippen molar-refractivity contribution < 1.29 is 32.9 Å². The van der Waals surface area contributed by atoms with Crippen LogP contribution in [-0.2, 0) is 12.7 Å². The number of ether oxygens (including phenoxy) is 2. The molecule has 2 aromatic heterocycles. The third-order valence-electron chi connectivity index (χ3n) is 7.11. The van der Waals surface area contributed by atoms with Crippen LogP contribution < -0.4 is 19.9 Å². The molecule has 5 rings (SSSR count). The van der Waals surface area contributed by atoms with Gasteiger partial charge in [-0.3, -0.25) is 4.79 Å². The first-order valence-electron chi connectivity index (χ1n) is 12.6. The van der Waals surface area contributed by atoms with Gasteiger partial charge in [0.05, 0.1) is 37.7 Å². The lowest BCUT2D eigenvalue weighted by Gasteiger charge is -2.23. The van der Waals surface area contributed by atoms with Crippen molar-refractivity contribution in [2.24, 2.45) is 0 Å². The number of β-amino-alcohol motifs (C(OH)–C–C–N with tert-alkyl or cyclic N) is 1. The van der Waals surface area contributed by atoms with Crippen LogP contribution in [0.5, 0.6) is 11.5 Å². The average Bonchev–Trinajstić information content (AvgIpc) is 3.51. The topological polar surface area (TPSA) is 102 Å². The Morgan fingerprint density at radius 3 is 2.35 bits per heavy atom. The van der Waals surface area contributed by atoms with Gasteiger partial charge in [0.2, 0.25) is 0 Å². The van der Waals surface area contributed by atoms with Crippen molar-refractivity contribution in [1.29, 1.82) is 0 Å². The SMILES string of the molecule is COc1cc(OC)cc(-c2nn(-c3cc(N4CCC(C)(O)C4)ccc3C(F)(F)F)c(=O)c3c2ccn3CCO)c1. The highest BCUT2D eigenvalue weighted by Crippen LogP contribution is 2.38. The highest BCUT2D eigenvalue weighted by molar-refractivity contribution is 5.93. The van der Waals surface area contributed by atoms with Crippen LogP contribution in [0.2, 0.25) is 0 Å². The molecule has 212 valence electrons. The van der Waals surface area contributed by atoms with E-state index >= 15 is 0 Å². The van der Waals surface area contributed by atoms with Crippen LogP contribution in [0.15, 0.2) is 53.5 Å². The van der Waals surface area contributed by atoms with E-state index in [-0.39, 0.29) is 30.9 Å². The second kappa shape index (κ2) is 10.2. The molecule has 9 nitrogen and oxygen atoms in total. The van der Waals surface area contributed by atoms with E-state index in [4.69, 9.17) is 9.47 Å². The van der Waals surface area contributed by atoms with Crippen LogP contribution in [0.3, 0.4) is 0 Å². The standard InChI is InChI=1S/C28H29F3N4O5/c1-27(38)7-9-34(16-27)18-4-5-22(28(29,30)31)23(14-18)35-26(37)25-21(6-8-33(25)10-11-36)24(32-35)17-12-19(39-2)15-20(13-17)40-3/h4-6,8,12-15,36,38H,7,9-11,16H2,1-3H3. The van der Waals surface area contributed by atoms with Crippen molar-refractivity contribution in [3.63, 3.8) is 0 Å². The molecule has 0 saturated carbocycles. The number of aromatic nitrogens is 3. The van der Waals surface area contributed by atoms with E-state index in [1.54, 1.807) is 42.3 Å². The Bertz CT molecular complexity index is 1600. The molecule has 40 heavy (non-hydrogen) atoms. The molecule has 1 fully saturated rings. The van der Waals surface area contributed by atoms with Crippen LogP contribution in [0.4, 0.5) is 18.9 Å². The smallest absolute Gasteiger partial charge is 0.418 e.